The molecule has 0 saturated carbocycles. The molecule has 112 valence electrons. The van der Waals surface area contributed by atoms with Crippen LogP contribution >= 0.6 is 11.3 Å². The Morgan fingerprint density at radius 1 is 1.35 bits per heavy atom. The second kappa shape index (κ2) is 7.20. The summed E-state index contributed by atoms with van der Waals surface area (Å²) in [6.45, 7) is 8.69. The third-order valence-corrected chi connectivity index (χ3v) is 4.55. The first-order valence-electron chi connectivity index (χ1n) is 7.35. The number of piperazine rings is 1. The van der Waals surface area contributed by atoms with Crippen molar-refractivity contribution in [3.63, 3.8) is 0 Å². The molecule has 1 aromatic rings. The first-order chi connectivity index (χ1) is 9.56. The molecule has 0 bridgehead atoms. The monoisotopic (exact) mass is 295 g/mol. The van der Waals surface area contributed by atoms with Gasteiger partial charge in [0.2, 0.25) is 5.91 Å². The van der Waals surface area contributed by atoms with E-state index in [-0.39, 0.29) is 11.9 Å². The molecule has 2 heterocycles. The highest BCUT2D eigenvalue weighted by Crippen LogP contribution is 2.14. The van der Waals surface area contributed by atoms with E-state index in [2.05, 4.69) is 36.3 Å². The lowest BCUT2D eigenvalue weighted by molar-refractivity contribution is -0.134. The molecule has 4 nitrogen and oxygen atoms in total. The number of rotatable bonds is 5. The number of hydrogen-bond donors (Lipinski definition) is 1. The van der Waals surface area contributed by atoms with Crippen molar-refractivity contribution in [2.24, 2.45) is 11.7 Å². The van der Waals surface area contributed by atoms with Crippen LogP contribution in [-0.2, 0) is 11.3 Å². The number of thiophene rings is 1. The first kappa shape index (κ1) is 15.5. The summed E-state index contributed by atoms with van der Waals surface area (Å²) in [6.07, 6.45) is 0.772. The van der Waals surface area contributed by atoms with Crippen molar-refractivity contribution >= 4 is 17.2 Å². The van der Waals surface area contributed by atoms with Gasteiger partial charge in [0.25, 0.3) is 0 Å². The lowest BCUT2D eigenvalue weighted by Gasteiger charge is -2.35. The summed E-state index contributed by atoms with van der Waals surface area (Å²) >= 11 is 1.79. The van der Waals surface area contributed by atoms with Gasteiger partial charge in [0.05, 0.1) is 6.04 Å². The second-order valence-corrected chi connectivity index (χ2v) is 6.95. The minimum atomic E-state index is -0.334. The molecule has 1 aliphatic heterocycles. The molecule has 5 heteroatoms. The summed E-state index contributed by atoms with van der Waals surface area (Å²) in [4.78, 5) is 18.0. The van der Waals surface area contributed by atoms with E-state index in [0.29, 0.717) is 5.92 Å². The van der Waals surface area contributed by atoms with E-state index in [4.69, 9.17) is 5.73 Å². The number of carbonyl (C=O) groups is 1. The summed E-state index contributed by atoms with van der Waals surface area (Å²) in [7, 11) is 0. The van der Waals surface area contributed by atoms with Gasteiger partial charge in [-0.05, 0) is 23.8 Å². The van der Waals surface area contributed by atoms with Crippen molar-refractivity contribution in [1.82, 2.24) is 9.80 Å². The van der Waals surface area contributed by atoms with Crippen LogP contribution in [0, 0.1) is 5.92 Å². The molecule has 1 fully saturated rings. The fourth-order valence-electron chi connectivity index (χ4n) is 2.59. The molecule has 0 aliphatic carbocycles. The smallest absolute Gasteiger partial charge is 0.239 e. The summed E-state index contributed by atoms with van der Waals surface area (Å²) in [5.74, 6) is 0.587. The maximum atomic E-state index is 12.2. The van der Waals surface area contributed by atoms with Crippen LogP contribution in [0.1, 0.15) is 25.1 Å². The van der Waals surface area contributed by atoms with E-state index in [9.17, 15) is 4.79 Å². The Hall–Kier alpha value is -0.910. The van der Waals surface area contributed by atoms with Crippen LogP contribution in [0.15, 0.2) is 17.5 Å². The Kier molecular flexibility index (Phi) is 5.57. The molecule has 1 amide bonds. The Morgan fingerprint density at radius 2 is 2.05 bits per heavy atom. The Balaban J connectivity index is 1.77. The van der Waals surface area contributed by atoms with Crippen LogP contribution in [0.25, 0.3) is 0 Å². The fourth-order valence-corrected chi connectivity index (χ4v) is 3.34. The van der Waals surface area contributed by atoms with Gasteiger partial charge >= 0.3 is 0 Å². The van der Waals surface area contributed by atoms with Gasteiger partial charge < -0.3 is 10.6 Å². The highest BCUT2D eigenvalue weighted by atomic mass is 32.1. The van der Waals surface area contributed by atoms with Crippen molar-refractivity contribution in [1.29, 1.82) is 0 Å². The summed E-state index contributed by atoms with van der Waals surface area (Å²) in [6, 6.07) is 3.92. The van der Waals surface area contributed by atoms with Gasteiger partial charge in [-0.2, -0.15) is 0 Å². The summed E-state index contributed by atoms with van der Waals surface area (Å²) < 4.78 is 0. The van der Waals surface area contributed by atoms with Crippen molar-refractivity contribution in [2.75, 3.05) is 26.2 Å². The molecule has 1 aromatic heterocycles. The van der Waals surface area contributed by atoms with Crippen LogP contribution in [-0.4, -0.2) is 47.9 Å². The maximum Gasteiger partial charge on any atom is 0.239 e. The van der Waals surface area contributed by atoms with Crippen LogP contribution in [0.2, 0.25) is 0 Å². The SMILES string of the molecule is CC(C)C[C@H](N)C(=O)N1CCN(Cc2cccs2)CC1. The topological polar surface area (TPSA) is 49.6 Å². The zero-order chi connectivity index (χ0) is 14.5. The van der Waals surface area contributed by atoms with E-state index in [1.165, 1.54) is 4.88 Å². The first-order valence-corrected chi connectivity index (χ1v) is 8.23. The number of nitrogens with zero attached hydrogens (tertiary/aromatic N) is 2. The van der Waals surface area contributed by atoms with E-state index < -0.39 is 0 Å². The number of carbonyl (C=O) groups excluding carboxylic acids is 1. The van der Waals surface area contributed by atoms with Crippen LogP contribution in [0.5, 0.6) is 0 Å². The average molecular weight is 295 g/mol. The van der Waals surface area contributed by atoms with Gasteiger partial charge in [-0.1, -0.05) is 19.9 Å². The van der Waals surface area contributed by atoms with Gasteiger partial charge in [0.1, 0.15) is 0 Å². The van der Waals surface area contributed by atoms with Crippen LogP contribution < -0.4 is 5.73 Å². The highest BCUT2D eigenvalue weighted by molar-refractivity contribution is 7.09. The quantitative estimate of drug-likeness (QED) is 0.900. The molecule has 0 aromatic carbocycles. The molecule has 20 heavy (non-hydrogen) atoms. The Labute approximate surface area is 125 Å². The van der Waals surface area contributed by atoms with Crippen LogP contribution in [0.3, 0.4) is 0 Å². The molecule has 1 atom stereocenters. The van der Waals surface area contributed by atoms with E-state index in [1.54, 1.807) is 11.3 Å². The van der Waals surface area contributed by atoms with Crippen LogP contribution in [0.4, 0.5) is 0 Å². The Bertz CT molecular complexity index is 411. The molecule has 2 rings (SSSR count). The molecule has 0 unspecified atom stereocenters. The number of amides is 1. The standard InChI is InChI=1S/C15H25N3OS/c1-12(2)10-14(16)15(19)18-7-5-17(6-8-18)11-13-4-3-9-20-13/h3-4,9,12,14H,5-8,10-11,16H2,1-2H3/t14-/m0/s1. The van der Waals surface area contributed by atoms with Gasteiger partial charge in [0, 0.05) is 37.6 Å². The summed E-state index contributed by atoms with van der Waals surface area (Å²) in [5, 5.41) is 2.11. The van der Waals surface area contributed by atoms with Crippen molar-refractivity contribution in [3.8, 4) is 0 Å². The van der Waals surface area contributed by atoms with E-state index >= 15 is 0 Å². The zero-order valence-corrected chi connectivity index (χ0v) is 13.2. The number of hydrogen-bond acceptors (Lipinski definition) is 4. The maximum absolute atomic E-state index is 12.2. The lowest BCUT2D eigenvalue weighted by atomic mass is 10.0. The molecular formula is C15H25N3OS. The minimum absolute atomic E-state index is 0.120. The summed E-state index contributed by atoms with van der Waals surface area (Å²) in [5.41, 5.74) is 5.99. The predicted octanol–water partition coefficient (Wildman–Crippen LogP) is 1.77. The molecule has 0 spiro atoms. The average Bonchev–Trinajstić information content (AvgIpc) is 2.91. The third-order valence-electron chi connectivity index (χ3n) is 3.69. The van der Waals surface area contributed by atoms with Gasteiger partial charge in [-0.3, -0.25) is 9.69 Å². The largest absolute Gasteiger partial charge is 0.339 e. The van der Waals surface area contributed by atoms with Gasteiger partial charge in [-0.25, -0.2) is 0 Å². The van der Waals surface area contributed by atoms with Gasteiger partial charge in [-0.15, -0.1) is 11.3 Å². The molecule has 1 aliphatic rings. The minimum Gasteiger partial charge on any atom is -0.339 e. The molecule has 1 saturated heterocycles. The molecule has 0 radical (unpaired) electrons. The fraction of sp³-hybridized carbons (Fsp3) is 0.667. The highest BCUT2D eigenvalue weighted by Gasteiger charge is 2.25. The third kappa shape index (κ3) is 4.30. The van der Waals surface area contributed by atoms with E-state index in [0.717, 1.165) is 39.1 Å². The number of nitrogens with two attached hydrogens (primary N) is 1. The predicted molar refractivity (Wildman–Crippen MR) is 83.6 cm³/mol. The second-order valence-electron chi connectivity index (χ2n) is 5.92. The lowest BCUT2D eigenvalue weighted by Crippen LogP contribution is -2.53. The van der Waals surface area contributed by atoms with Crippen molar-refractivity contribution in [2.45, 2.75) is 32.9 Å². The Morgan fingerprint density at radius 3 is 2.60 bits per heavy atom. The van der Waals surface area contributed by atoms with Crippen molar-refractivity contribution in [3.05, 3.63) is 22.4 Å². The van der Waals surface area contributed by atoms with Gasteiger partial charge in [0.15, 0.2) is 0 Å². The molecular weight excluding hydrogens is 270 g/mol. The molecule has 2 N–H and O–H groups in total. The van der Waals surface area contributed by atoms with Crippen molar-refractivity contribution < 1.29 is 4.79 Å². The zero-order valence-electron chi connectivity index (χ0n) is 12.4. The normalized spacial score (nSPS) is 18.5. The van der Waals surface area contributed by atoms with E-state index in [1.807, 2.05) is 4.90 Å².